The monoisotopic (exact) mass is 278 g/mol. The molecule has 7 nitrogen and oxygen atoms in total. The molecule has 1 aromatic carbocycles. The molecule has 106 valence electrons. The maximum atomic E-state index is 11.4. The third kappa shape index (κ3) is 4.27. The van der Waals surface area contributed by atoms with Gasteiger partial charge in [-0.2, -0.15) is 0 Å². The van der Waals surface area contributed by atoms with E-state index in [1.54, 1.807) is 0 Å². The predicted molar refractivity (Wildman–Crippen MR) is 68.6 cm³/mol. The SMILES string of the molecule is O=C(COc1cccc(C(=O)O)c1)NC(=O)NC1CC1. The van der Waals surface area contributed by atoms with Crippen LogP contribution in [-0.4, -0.2) is 35.7 Å². The van der Waals surface area contributed by atoms with Crippen molar-refractivity contribution in [1.82, 2.24) is 10.6 Å². The van der Waals surface area contributed by atoms with E-state index in [4.69, 9.17) is 9.84 Å². The lowest BCUT2D eigenvalue weighted by Gasteiger charge is -2.07. The average Bonchev–Trinajstić information content (AvgIpc) is 3.20. The van der Waals surface area contributed by atoms with Crippen molar-refractivity contribution in [3.63, 3.8) is 0 Å². The number of carboxylic acids is 1. The van der Waals surface area contributed by atoms with Gasteiger partial charge in [0.15, 0.2) is 6.61 Å². The number of carbonyl (C=O) groups excluding carboxylic acids is 2. The highest BCUT2D eigenvalue weighted by Gasteiger charge is 2.23. The number of imide groups is 1. The van der Waals surface area contributed by atoms with Crippen LogP contribution in [0.1, 0.15) is 23.2 Å². The van der Waals surface area contributed by atoms with Gasteiger partial charge in [0.1, 0.15) is 5.75 Å². The van der Waals surface area contributed by atoms with Crippen molar-refractivity contribution in [2.45, 2.75) is 18.9 Å². The van der Waals surface area contributed by atoms with Crippen molar-refractivity contribution in [1.29, 1.82) is 0 Å². The second kappa shape index (κ2) is 6.05. The van der Waals surface area contributed by atoms with Gasteiger partial charge in [-0.05, 0) is 31.0 Å². The highest BCUT2D eigenvalue weighted by atomic mass is 16.5. The summed E-state index contributed by atoms with van der Waals surface area (Å²) in [5.74, 6) is -1.42. The Morgan fingerprint density at radius 3 is 2.70 bits per heavy atom. The molecule has 1 aliphatic rings. The lowest BCUT2D eigenvalue weighted by atomic mass is 10.2. The number of benzene rings is 1. The molecule has 3 amide bonds. The molecule has 2 rings (SSSR count). The van der Waals surface area contributed by atoms with E-state index < -0.39 is 17.9 Å². The number of hydrogen-bond donors (Lipinski definition) is 3. The van der Waals surface area contributed by atoms with E-state index >= 15 is 0 Å². The Labute approximate surface area is 114 Å². The van der Waals surface area contributed by atoms with Gasteiger partial charge in [-0.15, -0.1) is 0 Å². The summed E-state index contributed by atoms with van der Waals surface area (Å²) in [7, 11) is 0. The van der Waals surface area contributed by atoms with Crippen LogP contribution in [-0.2, 0) is 4.79 Å². The second-order valence-corrected chi connectivity index (χ2v) is 4.42. The van der Waals surface area contributed by atoms with Crippen LogP contribution in [0, 0.1) is 0 Å². The predicted octanol–water partition coefficient (Wildman–Crippen LogP) is 0.752. The third-order valence-electron chi connectivity index (χ3n) is 2.62. The first-order valence-electron chi connectivity index (χ1n) is 6.11. The van der Waals surface area contributed by atoms with Crippen LogP contribution in [0.5, 0.6) is 5.75 Å². The lowest BCUT2D eigenvalue weighted by molar-refractivity contribution is -0.122. The highest BCUT2D eigenvalue weighted by molar-refractivity contribution is 5.95. The van der Waals surface area contributed by atoms with Gasteiger partial charge in [0.2, 0.25) is 0 Å². The summed E-state index contributed by atoms with van der Waals surface area (Å²) < 4.78 is 5.12. The first kappa shape index (κ1) is 13.9. The molecule has 1 aromatic rings. The Morgan fingerprint density at radius 2 is 2.05 bits per heavy atom. The maximum absolute atomic E-state index is 11.4. The molecule has 0 spiro atoms. The molecule has 3 N–H and O–H groups in total. The summed E-state index contributed by atoms with van der Waals surface area (Å²) in [6, 6.07) is 5.38. The number of ether oxygens (including phenoxy) is 1. The molecule has 20 heavy (non-hydrogen) atoms. The van der Waals surface area contributed by atoms with Crippen LogP contribution in [0.4, 0.5) is 4.79 Å². The molecule has 1 aliphatic carbocycles. The van der Waals surface area contributed by atoms with E-state index in [0.29, 0.717) is 0 Å². The number of nitrogens with one attached hydrogen (secondary N) is 2. The van der Waals surface area contributed by atoms with Crippen LogP contribution in [0.2, 0.25) is 0 Å². The van der Waals surface area contributed by atoms with Gasteiger partial charge in [0, 0.05) is 6.04 Å². The summed E-state index contributed by atoms with van der Waals surface area (Å²) >= 11 is 0. The molecule has 1 saturated carbocycles. The molecule has 7 heteroatoms. The minimum atomic E-state index is -1.08. The number of aromatic carboxylic acids is 1. The van der Waals surface area contributed by atoms with E-state index in [2.05, 4.69) is 10.6 Å². The molecule has 0 unspecified atom stereocenters. The van der Waals surface area contributed by atoms with Crippen molar-refractivity contribution in [2.75, 3.05) is 6.61 Å². The Balaban J connectivity index is 1.78. The smallest absolute Gasteiger partial charge is 0.335 e. The summed E-state index contributed by atoms with van der Waals surface area (Å²) in [5.41, 5.74) is 0.0642. The minimum absolute atomic E-state index is 0.0642. The Morgan fingerprint density at radius 1 is 1.30 bits per heavy atom. The quantitative estimate of drug-likeness (QED) is 0.737. The zero-order valence-corrected chi connectivity index (χ0v) is 10.6. The Bertz CT molecular complexity index is 539. The fraction of sp³-hybridized carbons (Fsp3) is 0.308. The van der Waals surface area contributed by atoms with Crippen LogP contribution in [0.3, 0.4) is 0 Å². The third-order valence-corrected chi connectivity index (χ3v) is 2.62. The van der Waals surface area contributed by atoms with E-state index in [-0.39, 0.29) is 24.0 Å². The zero-order valence-electron chi connectivity index (χ0n) is 10.6. The normalized spacial score (nSPS) is 13.4. The molecule has 1 fully saturated rings. The van der Waals surface area contributed by atoms with E-state index in [1.165, 1.54) is 24.3 Å². The fourth-order valence-electron chi connectivity index (χ4n) is 1.48. The molecule has 0 heterocycles. The van der Waals surface area contributed by atoms with Crippen molar-refractivity contribution < 1.29 is 24.2 Å². The second-order valence-electron chi connectivity index (χ2n) is 4.42. The van der Waals surface area contributed by atoms with Gasteiger partial charge in [-0.25, -0.2) is 9.59 Å². The van der Waals surface area contributed by atoms with Gasteiger partial charge in [-0.3, -0.25) is 10.1 Å². The molecular weight excluding hydrogens is 264 g/mol. The molecular formula is C13H14N2O5. The molecule has 0 aromatic heterocycles. The van der Waals surface area contributed by atoms with E-state index in [0.717, 1.165) is 12.8 Å². The first-order chi connectivity index (χ1) is 9.54. The Kier molecular flexibility index (Phi) is 4.19. The van der Waals surface area contributed by atoms with Crippen molar-refractivity contribution in [3.8, 4) is 5.75 Å². The topological polar surface area (TPSA) is 105 Å². The molecule has 0 aliphatic heterocycles. The average molecular weight is 278 g/mol. The van der Waals surface area contributed by atoms with Gasteiger partial charge in [0.05, 0.1) is 5.56 Å². The number of hydrogen-bond acceptors (Lipinski definition) is 4. The van der Waals surface area contributed by atoms with Crippen LogP contribution < -0.4 is 15.4 Å². The maximum Gasteiger partial charge on any atom is 0.335 e. The van der Waals surface area contributed by atoms with Crippen LogP contribution in [0.15, 0.2) is 24.3 Å². The molecule has 0 bridgehead atoms. The molecule has 0 saturated heterocycles. The van der Waals surface area contributed by atoms with Crippen molar-refractivity contribution in [2.24, 2.45) is 0 Å². The fourth-order valence-corrected chi connectivity index (χ4v) is 1.48. The summed E-state index contributed by atoms with van der Waals surface area (Å²) in [6.07, 6.45) is 1.86. The van der Waals surface area contributed by atoms with E-state index in [9.17, 15) is 14.4 Å². The van der Waals surface area contributed by atoms with Gasteiger partial charge >= 0.3 is 12.0 Å². The van der Waals surface area contributed by atoms with Crippen LogP contribution >= 0.6 is 0 Å². The number of urea groups is 1. The summed E-state index contributed by atoms with van der Waals surface area (Å²) in [4.78, 5) is 33.5. The zero-order chi connectivity index (χ0) is 14.5. The summed E-state index contributed by atoms with van der Waals surface area (Å²) in [6.45, 7) is -0.360. The first-order valence-corrected chi connectivity index (χ1v) is 6.11. The number of carbonyl (C=O) groups is 3. The number of amides is 3. The largest absolute Gasteiger partial charge is 0.484 e. The molecule has 0 radical (unpaired) electrons. The van der Waals surface area contributed by atoms with Gasteiger partial charge in [-0.1, -0.05) is 6.07 Å². The number of carboxylic acid groups (broad SMARTS) is 1. The summed E-state index contributed by atoms with van der Waals surface area (Å²) in [5, 5.41) is 13.5. The van der Waals surface area contributed by atoms with Crippen molar-refractivity contribution >= 4 is 17.9 Å². The number of rotatable bonds is 5. The van der Waals surface area contributed by atoms with Crippen molar-refractivity contribution in [3.05, 3.63) is 29.8 Å². The highest BCUT2D eigenvalue weighted by Crippen LogP contribution is 2.18. The van der Waals surface area contributed by atoms with Crippen LogP contribution in [0.25, 0.3) is 0 Å². The standard InChI is InChI=1S/C13H14N2O5/c16-11(15-13(19)14-9-4-5-9)7-20-10-3-1-2-8(6-10)12(17)18/h1-3,6,9H,4-5,7H2,(H,17,18)(H2,14,15,16,19). The molecule has 0 atom stereocenters. The van der Waals surface area contributed by atoms with Gasteiger partial charge < -0.3 is 15.2 Å². The Hall–Kier alpha value is -2.57. The van der Waals surface area contributed by atoms with Gasteiger partial charge in [0.25, 0.3) is 5.91 Å². The minimum Gasteiger partial charge on any atom is -0.484 e. The van der Waals surface area contributed by atoms with E-state index in [1.807, 2.05) is 0 Å². The lowest BCUT2D eigenvalue weighted by Crippen LogP contribution is -2.42.